The molecule has 7 heteroatoms. The van der Waals surface area contributed by atoms with E-state index >= 15 is 0 Å². The Bertz CT molecular complexity index is 918. The molecule has 2 aromatic heterocycles. The van der Waals surface area contributed by atoms with E-state index in [1.54, 1.807) is 19.3 Å². The van der Waals surface area contributed by atoms with Crippen molar-refractivity contribution in [1.82, 2.24) is 9.97 Å². The molecular formula is C19H18Cl2N3O2-. The van der Waals surface area contributed by atoms with Crippen molar-refractivity contribution in [2.24, 2.45) is 0 Å². The summed E-state index contributed by atoms with van der Waals surface area (Å²) in [6.45, 7) is 4.52. The summed E-state index contributed by atoms with van der Waals surface area (Å²) in [4.78, 5) is 20.9. The summed E-state index contributed by atoms with van der Waals surface area (Å²) < 4.78 is 5.17. The number of halogens is 2. The molecule has 5 nitrogen and oxygen atoms in total. The monoisotopic (exact) mass is 390 g/mol. The molecule has 3 aromatic rings. The number of hydrogen-bond donors (Lipinski definition) is 1. The fourth-order valence-electron chi connectivity index (χ4n) is 2.63. The van der Waals surface area contributed by atoms with E-state index in [0.717, 1.165) is 22.0 Å². The lowest BCUT2D eigenvalue weighted by Gasteiger charge is -2.15. The number of aryl methyl sites for hydroxylation is 1. The third-order valence-corrected chi connectivity index (χ3v) is 4.32. The van der Waals surface area contributed by atoms with E-state index in [1.165, 1.54) is 6.20 Å². The maximum Gasteiger partial charge on any atom is 0.341 e. The van der Waals surface area contributed by atoms with Crippen LogP contribution in [0.4, 0.5) is 5.69 Å². The molecule has 1 N–H and O–H groups in total. The van der Waals surface area contributed by atoms with E-state index in [9.17, 15) is 4.79 Å². The van der Waals surface area contributed by atoms with Gasteiger partial charge in [0.25, 0.3) is 0 Å². The maximum atomic E-state index is 12.3. The van der Waals surface area contributed by atoms with Crippen LogP contribution in [0.5, 0.6) is 0 Å². The van der Waals surface area contributed by atoms with Crippen LogP contribution in [0, 0.1) is 6.92 Å². The van der Waals surface area contributed by atoms with Crippen LogP contribution in [0.1, 0.15) is 28.4 Å². The summed E-state index contributed by atoms with van der Waals surface area (Å²) in [6.07, 6.45) is 5.04. The Morgan fingerprint density at radius 1 is 1.27 bits per heavy atom. The number of carbonyl (C=O) groups excluding carboxylic acids is 1. The SMILES string of the molecule is CCOC(=O)c1cnc2c(C)c(Cl)ccc2c1NCc1cccnc1.[Cl-]. The summed E-state index contributed by atoms with van der Waals surface area (Å²) in [7, 11) is 0. The lowest BCUT2D eigenvalue weighted by molar-refractivity contribution is -0.0000232. The predicted molar refractivity (Wildman–Crippen MR) is 99.0 cm³/mol. The van der Waals surface area contributed by atoms with Gasteiger partial charge >= 0.3 is 5.97 Å². The summed E-state index contributed by atoms with van der Waals surface area (Å²) in [6, 6.07) is 7.52. The van der Waals surface area contributed by atoms with E-state index in [0.29, 0.717) is 29.4 Å². The van der Waals surface area contributed by atoms with E-state index in [-0.39, 0.29) is 12.4 Å². The number of ether oxygens (including phenoxy) is 1. The number of rotatable bonds is 5. The molecule has 26 heavy (non-hydrogen) atoms. The van der Waals surface area contributed by atoms with Crippen LogP contribution in [0.3, 0.4) is 0 Å². The smallest absolute Gasteiger partial charge is 0.341 e. The van der Waals surface area contributed by atoms with Gasteiger partial charge in [-0.1, -0.05) is 17.7 Å². The summed E-state index contributed by atoms with van der Waals surface area (Å²) in [5.41, 5.74) is 3.73. The van der Waals surface area contributed by atoms with E-state index < -0.39 is 5.97 Å². The molecule has 0 aliphatic rings. The second kappa shape index (κ2) is 8.83. The number of fused-ring (bicyclic) bond motifs is 1. The number of hydrogen-bond acceptors (Lipinski definition) is 5. The molecule has 0 aliphatic carbocycles. The quantitative estimate of drug-likeness (QED) is 0.666. The molecule has 0 atom stereocenters. The molecule has 0 fully saturated rings. The highest BCUT2D eigenvalue weighted by molar-refractivity contribution is 6.32. The highest BCUT2D eigenvalue weighted by Crippen LogP contribution is 2.32. The summed E-state index contributed by atoms with van der Waals surface area (Å²) in [5, 5.41) is 4.81. The standard InChI is InChI=1S/C19H18ClN3O2.ClH/c1-3-25-19(24)15-11-23-17-12(2)16(20)7-6-14(17)18(15)22-10-13-5-4-8-21-9-13;/h4-9,11H,3,10H2,1-2H3,(H,22,23);1H/p-1. The lowest BCUT2D eigenvalue weighted by atomic mass is 10.1. The minimum Gasteiger partial charge on any atom is -1.00 e. The van der Waals surface area contributed by atoms with Crippen LogP contribution in [0.2, 0.25) is 5.02 Å². The third kappa shape index (κ3) is 4.06. The topological polar surface area (TPSA) is 64.1 Å². The number of anilines is 1. The van der Waals surface area contributed by atoms with Gasteiger partial charge in [0.05, 0.1) is 17.8 Å². The third-order valence-electron chi connectivity index (χ3n) is 3.91. The molecular weight excluding hydrogens is 373 g/mol. The first-order chi connectivity index (χ1) is 12.1. The number of nitrogens with zero attached hydrogens (tertiary/aromatic N) is 2. The Balaban J connectivity index is 0.00000243. The molecule has 0 spiro atoms. The Labute approximate surface area is 163 Å². The molecule has 0 saturated carbocycles. The second-order valence-electron chi connectivity index (χ2n) is 5.55. The number of pyridine rings is 2. The van der Waals surface area contributed by atoms with Crippen LogP contribution >= 0.6 is 11.6 Å². The molecule has 3 rings (SSSR count). The van der Waals surface area contributed by atoms with Gasteiger partial charge in [-0.3, -0.25) is 9.97 Å². The van der Waals surface area contributed by atoms with Crippen molar-refractivity contribution in [2.75, 3.05) is 11.9 Å². The van der Waals surface area contributed by atoms with Crippen molar-refractivity contribution in [2.45, 2.75) is 20.4 Å². The number of nitrogens with one attached hydrogen (secondary N) is 1. The van der Waals surface area contributed by atoms with Gasteiger partial charge in [-0.15, -0.1) is 0 Å². The minimum atomic E-state index is -0.404. The number of aromatic nitrogens is 2. The van der Waals surface area contributed by atoms with Crippen LogP contribution in [0.25, 0.3) is 10.9 Å². The highest BCUT2D eigenvalue weighted by Gasteiger charge is 2.18. The molecule has 0 radical (unpaired) electrons. The first kappa shape index (κ1) is 19.9. The maximum absolute atomic E-state index is 12.3. The first-order valence-corrected chi connectivity index (χ1v) is 8.37. The second-order valence-corrected chi connectivity index (χ2v) is 5.96. The van der Waals surface area contributed by atoms with Crippen molar-refractivity contribution in [3.63, 3.8) is 0 Å². The number of esters is 1. The average Bonchev–Trinajstić information content (AvgIpc) is 2.63. The fourth-order valence-corrected chi connectivity index (χ4v) is 2.78. The molecule has 0 saturated heterocycles. The van der Waals surface area contributed by atoms with Crippen molar-refractivity contribution in [3.05, 3.63) is 64.6 Å². The largest absolute Gasteiger partial charge is 1.00 e. The zero-order valence-electron chi connectivity index (χ0n) is 14.4. The van der Waals surface area contributed by atoms with Crippen LogP contribution in [-0.4, -0.2) is 22.5 Å². The van der Waals surface area contributed by atoms with Gasteiger partial charge in [0.2, 0.25) is 0 Å². The van der Waals surface area contributed by atoms with Gasteiger partial charge in [-0.05, 0) is 43.2 Å². The normalized spacial score (nSPS) is 10.3. The minimum absolute atomic E-state index is 0. The van der Waals surface area contributed by atoms with Crippen molar-refractivity contribution in [1.29, 1.82) is 0 Å². The molecule has 0 unspecified atom stereocenters. The Kier molecular flexibility index (Phi) is 6.77. The molecule has 0 bridgehead atoms. The molecule has 0 amide bonds. The Morgan fingerprint density at radius 3 is 2.77 bits per heavy atom. The van der Waals surface area contributed by atoms with Crippen molar-refractivity contribution >= 4 is 34.2 Å². The number of carbonyl (C=O) groups is 1. The highest BCUT2D eigenvalue weighted by atomic mass is 35.5. The van der Waals surface area contributed by atoms with Gasteiger partial charge in [0, 0.05) is 35.5 Å². The Morgan fingerprint density at radius 2 is 2.08 bits per heavy atom. The van der Waals surface area contributed by atoms with E-state index in [4.69, 9.17) is 16.3 Å². The van der Waals surface area contributed by atoms with Crippen molar-refractivity contribution in [3.8, 4) is 0 Å². The fraction of sp³-hybridized carbons (Fsp3) is 0.211. The molecule has 2 heterocycles. The summed E-state index contributed by atoms with van der Waals surface area (Å²) >= 11 is 6.20. The molecule has 136 valence electrons. The van der Waals surface area contributed by atoms with Gasteiger partial charge < -0.3 is 22.5 Å². The van der Waals surface area contributed by atoms with Gasteiger partial charge in [-0.25, -0.2) is 4.79 Å². The van der Waals surface area contributed by atoms with Gasteiger partial charge in [0.1, 0.15) is 5.56 Å². The lowest BCUT2D eigenvalue weighted by Crippen LogP contribution is -3.00. The van der Waals surface area contributed by atoms with Gasteiger partial charge in [0.15, 0.2) is 0 Å². The molecule has 1 aromatic carbocycles. The van der Waals surface area contributed by atoms with Crippen molar-refractivity contribution < 1.29 is 21.9 Å². The average molecular weight is 391 g/mol. The van der Waals surface area contributed by atoms with Crippen LogP contribution in [0.15, 0.2) is 42.9 Å². The number of benzene rings is 1. The van der Waals surface area contributed by atoms with Crippen LogP contribution < -0.4 is 17.7 Å². The van der Waals surface area contributed by atoms with E-state index in [1.807, 2.05) is 31.2 Å². The Hall–Kier alpha value is -2.37. The van der Waals surface area contributed by atoms with E-state index in [2.05, 4.69) is 15.3 Å². The van der Waals surface area contributed by atoms with Crippen LogP contribution in [-0.2, 0) is 11.3 Å². The first-order valence-electron chi connectivity index (χ1n) is 7.99. The summed E-state index contributed by atoms with van der Waals surface area (Å²) in [5.74, 6) is -0.404. The van der Waals surface area contributed by atoms with Gasteiger partial charge in [-0.2, -0.15) is 0 Å². The zero-order chi connectivity index (χ0) is 17.8. The molecule has 0 aliphatic heterocycles. The zero-order valence-corrected chi connectivity index (χ0v) is 15.9. The predicted octanol–water partition coefficient (Wildman–Crippen LogP) is 1.38.